The van der Waals surface area contributed by atoms with Crippen molar-refractivity contribution >= 4 is 32.7 Å². The van der Waals surface area contributed by atoms with Crippen LogP contribution in [0.4, 0.5) is 0 Å². The summed E-state index contributed by atoms with van der Waals surface area (Å²) in [7, 11) is 4.10. The van der Waals surface area contributed by atoms with Gasteiger partial charge in [0.2, 0.25) is 23.6 Å². The van der Waals surface area contributed by atoms with E-state index in [1.54, 1.807) is 7.05 Å². The number of hydrogen-bond donors (Lipinski definition) is 4. The van der Waals surface area contributed by atoms with Gasteiger partial charge < -0.3 is 20.7 Å². The Balaban J connectivity index is 0.00000210. The minimum absolute atomic E-state index is 0.0478. The predicted molar refractivity (Wildman–Crippen MR) is 97.0 cm³/mol. The summed E-state index contributed by atoms with van der Waals surface area (Å²) in [4.78, 5) is 47.8. The molecule has 0 radical (unpaired) electrons. The number of hydrogen-bond acceptors (Lipinski definition) is 7. The molecular formula is C15H28N5O5P. The Kier molecular flexibility index (Phi) is 12.2. The standard InChI is InChI=1S/C15H26N4O5.H2NP/c1-3-24-9-5-13(21)18-7-6-17-12(20)4-8-19-14(22)10-11(16-2)15(19)23;1-2/h11,16H,3-10H2,1-2H3,(H,17,20)(H,18,21);1-2H/i/hD. The van der Waals surface area contributed by atoms with E-state index in [1.807, 2.05) is 6.92 Å². The van der Waals surface area contributed by atoms with E-state index in [4.69, 9.17) is 6.15 Å². The molecule has 1 aliphatic rings. The fourth-order valence-electron chi connectivity index (χ4n) is 2.25. The molecule has 0 aliphatic carbocycles. The van der Waals surface area contributed by atoms with Crippen LogP contribution in [0, 0.1) is 5.15 Å². The second kappa shape index (κ2) is 14.3. The molecule has 1 saturated heterocycles. The second-order valence-corrected chi connectivity index (χ2v) is 5.33. The van der Waals surface area contributed by atoms with Gasteiger partial charge in [0.05, 0.1) is 19.1 Å². The molecule has 0 aromatic rings. The molecule has 1 fully saturated rings. The van der Waals surface area contributed by atoms with E-state index in [0.717, 1.165) is 4.90 Å². The summed E-state index contributed by atoms with van der Waals surface area (Å²) in [5, 5.41) is 10.6. The first-order valence-electron chi connectivity index (χ1n) is 8.79. The van der Waals surface area contributed by atoms with Gasteiger partial charge in [-0.05, 0) is 23.0 Å². The van der Waals surface area contributed by atoms with Crippen LogP contribution in [-0.4, -0.2) is 74.5 Å². The lowest BCUT2D eigenvalue weighted by Crippen LogP contribution is -2.40. The third-order valence-corrected chi connectivity index (χ3v) is 3.60. The first kappa shape index (κ1) is 22.1. The number of amides is 4. The van der Waals surface area contributed by atoms with Crippen molar-refractivity contribution in [2.75, 3.05) is 39.9 Å². The van der Waals surface area contributed by atoms with Crippen molar-refractivity contribution in [3.63, 3.8) is 0 Å². The van der Waals surface area contributed by atoms with E-state index in [2.05, 4.69) is 30.1 Å². The number of carbonyl (C=O) groups excluding carboxylic acids is 4. The molecule has 0 aromatic carbocycles. The van der Waals surface area contributed by atoms with Gasteiger partial charge in [0.1, 0.15) is 0 Å². The lowest BCUT2D eigenvalue weighted by atomic mass is 10.2. The van der Waals surface area contributed by atoms with Crippen LogP contribution in [0.15, 0.2) is 0 Å². The quantitative estimate of drug-likeness (QED) is 0.208. The van der Waals surface area contributed by atoms with Crippen LogP contribution in [0.3, 0.4) is 0 Å². The molecule has 26 heavy (non-hydrogen) atoms. The van der Waals surface area contributed by atoms with Crippen LogP contribution in [0.5, 0.6) is 0 Å². The third-order valence-electron chi connectivity index (χ3n) is 3.60. The number of ether oxygens (including phenoxy) is 1. The Morgan fingerprint density at radius 2 is 1.88 bits per heavy atom. The average molecular weight is 390 g/mol. The van der Waals surface area contributed by atoms with Crippen molar-refractivity contribution in [2.45, 2.75) is 32.2 Å². The van der Waals surface area contributed by atoms with E-state index in [9.17, 15) is 19.2 Å². The second-order valence-electron chi connectivity index (χ2n) is 5.33. The van der Waals surface area contributed by atoms with Crippen LogP contribution in [0.1, 0.15) is 26.2 Å². The number of rotatable bonds is 11. The molecule has 4 N–H and O–H groups in total. The number of likely N-dealkylation sites (tertiary alicyclic amines) is 1. The maximum Gasteiger partial charge on any atom is 0.246 e. The van der Waals surface area contributed by atoms with Crippen LogP contribution >= 0.6 is 9.03 Å². The van der Waals surface area contributed by atoms with E-state index in [-0.39, 0.29) is 49.4 Å². The fraction of sp³-hybridized carbons (Fsp3) is 0.733. The molecule has 148 valence electrons. The summed E-state index contributed by atoms with van der Waals surface area (Å²) in [6.07, 6.45) is 0.463. The Labute approximate surface area is 157 Å². The zero-order valence-corrected chi connectivity index (χ0v) is 16.2. The van der Waals surface area contributed by atoms with Crippen molar-refractivity contribution < 1.29 is 25.3 Å². The lowest BCUT2D eigenvalue weighted by molar-refractivity contribution is -0.139. The van der Waals surface area contributed by atoms with Crippen molar-refractivity contribution in [2.24, 2.45) is 0 Å². The summed E-state index contributed by atoms with van der Waals surface area (Å²) in [5.41, 5.74) is 0. The van der Waals surface area contributed by atoms with E-state index in [0.29, 0.717) is 26.3 Å². The van der Waals surface area contributed by atoms with Gasteiger partial charge in [-0.3, -0.25) is 29.2 Å². The summed E-state index contributed by atoms with van der Waals surface area (Å²) in [6, 6.07) is -0.493. The molecule has 10 nitrogen and oxygen atoms in total. The molecule has 1 atom stereocenters. The first-order valence-corrected chi connectivity index (χ1v) is 8.79. The molecule has 0 bridgehead atoms. The minimum Gasteiger partial charge on any atom is -0.381 e. The summed E-state index contributed by atoms with van der Waals surface area (Å²) in [5.74, 6) is -0.971. The van der Waals surface area contributed by atoms with E-state index >= 15 is 0 Å². The van der Waals surface area contributed by atoms with Gasteiger partial charge in [-0.2, -0.15) is 0 Å². The number of imide groups is 1. The van der Waals surface area contributed by atoms with Gasteiger partial charge in [0.15, 0.2) is 1.41 Å². The minimum atomic E-state index is -0.493. The summed E-state index contributed by atoms with van der Waals surface area (Å²) >= 11 is 0. The van der Waals surface area contributed by atoms with Crippen LogP contribution < -0.4 is 16.0 Å². The molecule has 4 amide bonds. The largest absolute Gasteiger partial charge is 0.381 e. The highest BCUT2D eigenvalue weighted by atomic mass is 31.0. The number of nitrogens with zero attached hydrogens (tertiary/aromatic N) is 1. The molecule has 1 rings (SSSR count). The molecule has 1 heterocycles. The monoisotopic (exact) mass is 390 g/mol. The zero-order valence-electron chi connectivity index (χ0n) is 16.2. The number of nitrogens with one attached hydrogen (secondary N) is 4. The molecule has 0 spiro atoms. The van der Waals surface area contributed by atoms with Gasteiger partial charge in [0.25, 0.3) is 0 Å². The Morgan fingerprint density at radius 3 is 2.38 bits per heavy atom. The van der Waals surface area contributed by atoms with Gasteiger partial charge in [-0.1, -0.05) is 0 Å². The van der Waals surface area contributed by atoms with Gasteiger partial charge in [-0.25, -0.2) is 0 Å². The van der Waals surface area contributed by atoms with Crippen molar-refractivity contribution in [3.8, 4) is 0 Å². The summed E-state index contributed by atoms with van der Waals surface area (Å²) < 4.78 is 10.8. The molecule has 1 aliphatic heterocycles. The van der Waals surface area contributed by atoms with Crippen LogP contribution in [0.2, 0.25) is 1.41 Å². The van der Waals surface area contributed by atoms with E-state index in [1.165, 1.54) is 0 Å². The van der Waals surface area contributed by atoms with Crippen molar-refractivity contribution in [1.29, 1.82) is 5.15 Å². The fourth-order valence-corrected chi connectivity index (χ4v) is 2.25. The van der Waals surface area contributed by atoms with Crippen molar-refractivity contribution in [1.82, 2.24) is 20.9 Å². The topological polar surface area (TPSA) is 141 Å². The lowest BCUT2D eigenvalue weighted by Gasteiger charge is -2.14. The highest BCUT2D eigenvalue weighted by molar-refractivity contribution is 7.02. The van der Waals surface area contributed by atoms with Gasteiger partial charge in [0, 0.05) is 39.1 Å². The third kappa shape index (κ3) is 8.98. The van der Waals surface area contributed by atoms with Gasteiger partial charge >= 0.3 is 0 Å². The Hall–Kier alpha value is -1.90. The Morgan fingerprint density at radius 1 is 1.31 bits per heavy atom. The summed E-state index contributed by atoms with van der Waals surface area (Å²) in [6.45, 7) is 3.49. The molecule has 11 heteroatoms. The highest BCUT2D eigenvalue weighted by Crippen LogP contribution is 2.12. The number of likely N-dealkylation sites (N-methyl/N-ethyl adjacent to an activating group) is 1. The van der Waals surface area contributed by atoms with Gasteiger partial charge in [-0.15, -0.1) is 0 Å². The van der Waals surface area contributed by atoms with Crippen molar-refractivity contribution in [3.05, 3.63) is 0 Å². The van der Waals surface area contributed by atoms with E-state index < -0.39 is 6.04 Å². The molecular weight excluding hydrogens is 361 g/mol. The maximum atomic E-state index is 11.9. The zero-order chi connectivity index (χ0) is 20.7. The molecule has 1 unspecified atom stereocenters. The molecule has 0 aromatic heterocycles. The average Bonchev–Trinajstić information content (AvgIpc) is 2.91. The maximum absolute atomic E-state index is 11.9. The smallest absolute Gasteiger partial charge is 0.246 e. The molecule has 0 saturated carbocycles. The predicted octanol–water partition coefficient (Wildman–Crippen LogP) is -0.726. The van der Waals surface area contributed by atoms with Crippen LogP contribution in [-0.2, 0) is 23.9 Å². The highest BCUT2D eigenvalue weighted by Gasteiger charge is 2.37. The van der Waals surface area contributed by atoms with Crippen LogP contribution in [0.25, 0.3) is 0 Å². The SMILES string of the molecule is CCOCCC(=O)NCCNC(=O)CCN1C(=O)CC(NC)C1=O.[2H]N=P. The first-order chi connectivity index (χ1) is 12.9. The number of carbonyl (C=O) groups is 4. The Bertz CT molecular complexity index is 523. The normalized spacial score (nSPS) is 16.5.